The third-order valence-electron chi connectivity index (χ3n) is 4.14. The molecule has 0 aromatic rings. The lowest BCUT2D eigenvalue weighted by Crippen LogP contribution is -2.57. The molecule has 0 saturated heterocycles. The van der Waals surface area contributed by atoms with Gasteiger partial charge in [0.1, 0.15) is 24.2 Å². The first-order valence-corrected chi connectivity index (χ1v) is 10.9. The minimum absolute atomic E-state index is 0.0564. The number of hydrogen-bond acceptors (Lipinski definition) is 7. The molecule has 7 N–H and O–H groups in total. The first kappa shape index (κ1) is 27.1. The molecule has 3 amide bonds. The van der Waals surface area contributed by atoms with Crippen molar-refractivity contribution < 1.29 is 29.4 Å². The number of rotatable bonds is 13. The maximum atomic E-state index is 12.6. The fraction of sp³-hybridized carbons (Fsp3) is 0.778. The molecular formula is C18H34N4O6S. The standard InChI is InChI=1S/C18H34N4O6S/c1-9(2)8-13(22-17(26)14(19)11(4)23)16(25)20-10(3)15(24)21-12(18(27)28)6-7-29-5/h9-14,23H,6-8,19H2,1-5H3,(H,20,25)(H,21,24)(H,22,26)(H,27,28). The highest BCUT2D eigenvalue weighted by Gasteiger charge is 2.29. The molecule has 10 nitrogen and oxygen atoms in total. The summed E-state index contributed by atoms with van der Waals surface area (Å²) in [4.78, 5) is 48.2. The average molecular weight is 435 g/mol. The van der Waals surface area contributed by atoms with Crippen molar-refractivity contribution in [2.24, 2.45) is 11.7 Å². The summed E-state index contributed by atoms with van der Waals surface area (Å²) in [6.07, 6.45) is 1.29. The van der Waals surface area contributed by atoms with Gasteiger partial charge < -0.3 is 31.9 Å². The smallest absolute Gasteiger partial charge is 0.326 e. The van der Waals surface area contributed by atoms with E-state index in [1.807, 2.05) is 20.1 Å². The Labute approximate surface area is 175 Å². The summed E-state index contributed by atoms with van der Waals surface area (Å²) in [7, 11) is 0. The first-order chi connectivity index (χ1) is 13.4. The summed E-state index contributed by atoms with van der Waals surface area (Å²) in [6.45, 7) is 6.52. The van der Waals surface area contributed by atoms with E-state index >= 15 is 0 Å². The van der Waals surface area contributed by atoms with E-state index < -0.39 is 54.0 Å². The number of amides is 3. The normalized spacial score (nSPS) is 16.3. The quantitative estimate of drug-likeness (QED) is 0.215. The number of carboxylic acids is 1. The van der Waals surface area contributed by atoms with Crippen molar-refractivity contribution >= 4 is 35.5 Å². The van der Waals surface area contributed by atoms with Crippen LogP contribution in [0.25, 0.3) is 0 Å². The number of hydrogen-bond donors (Lipinski definition) is 6. The van der Waals surface area contributed by atoms with E-state index in [9.17, 15) is 29.4 Å². The first-order valence-electron chi connectivity index (χ1n) is 9.47. The molecule has 0 heterocycles. The van der Waals surface area contributed by atoms with Crippen LogP contribution in [0.3, 0.4) is 0 Å². The fourth-order valence-electron chi connectivity index (χ4n) is 2.36. The lowest BCUT2D eigenvalue weighted by Gasteiger charge is -2.25. The molecule has 0 rings (SSSR count). The van der Waals surface area contributed by atoms with Crippen molar-refractivity contribution in [3.05, 3.63) is 0 Å². The van der Waals surface area contributed by atoms with Gasteiger partial charge in [0.25, 0.3) is 0 Å². The lowest BCUT2D eigenvalue weighted by molar-refractivity contribution is -0.142. The van der Waals surface area contributed by atoms with Crippen LogP contribution in [0.1, 0.15) is 40.5 Å². The summed E-state index contributed by atoms with van der Waals surface area (Å²) in [5.74, 6) is -2.44. The molecule has 0 aliphatic rings. The number of aliphatic hydroxyl groups excluding tert-OH is 1. The third-order valence-corrected chi connectivity index (χ3v) is 4.78. The highest BCUT2D eigenvalue weighted by atomic mass is 32.2. The van der Waals surface area contributed by atoms with Crippen molar-refractivity contribution in [1.29, 1.82) is 0 Å². The number of thioether (sulfide) groups is 1. The van der Waals surface area contributed by atoms with Gasteiger partial charge in [0.05, 0.1) is 6.10 Å². The summed E-state index contributed by atoms with van der Waals surface area (Å²) in [6, 6.07) is -4.19. The Kier molecular flexibility index (Phi) is 12.5. The van der Waals surface area contributed by atoms with Gasteiger partial charge in [-0.25, -0.2) is 4.79 Å². The zero-order valence-electron chi connectivity index (χ0n) is 17.6. The number of nitrogens with two attached hydrogens (primary N) is 1. The second kappa shape index (κ2) is 13.4. The van der Waals surface area contributed by atoms with Gasteiger partial charge in [-0.2, -0.15) is 11.8 Å². The number of aliphatic carboxylic acids is 1. The third kappa shape index (κ3) is 10.5. The maximum Gasteiger partial charge on any atom is 0.326 e. The van der Waals surface area contributed by atoms with Crippen LogP contribution in [0.15, 0.2) is 0 Å². The molecule has 5 atom stereocenters. The van der Waals surface area contributed by atoms with Crippen LogP contribution in [-0.4, -0.2) is 76.2 Å². The molecule has 0 radical (unpaired) electrons. The van der Waals surface area contributed by atoms with Crippen LogP contribution in [0.4, 0.5) is 0 Å². The van der Waals surface area contributed by atoms with Crippen molar-refractivity contribution in [1.82, 2.24) is 16.0 Å². The molecule has 0 bridgehead atoms. The van der Waals surface area contributed by atoms with E-state index in [-0.39, 0.29) is 12.3 Å². The van der Waals surface area contributed by atoms with E-state index in [0.717, 1.165) is 0 Å². The Balaban J connectivity index is 5.02. The van der Waals surface area contributed by atoms with Gasteiger partial charge in [-0.1, -0.05) is 13.8 Å². The van der Waals surface area contributed by atoms with Gasteiger partial charge in [-0.3, -0.25) is 14.4 Å². The molecule has 0 spiro atoms. The van der Waals surface area contributed by atoms with Crippen LogP contribution >= 0.6 is 11.8 Å². The molecule has 29 heavy (non-hydrogen) atoms. The van der Waals surface area contributed by atoms with Crippen LogP contribution in [-0.2, 0) is 19.2 Å². The van der Waals surface area contributed by atoms with Crippen molar-refractivity contribution in [2.45, 2.75) is 70.8 Å². The average Bonchev–Trinajstić information content (AvgIpc) is 2.62. The predicted molar refractivity (Wildman–Crippen MR) is 111 cm³/mol. The Morgan fingerprint density at radius 1 is 0.931 bits per heavy atom. The van der Waals surface area contributed by atoms with Crippen LogP contribution in [0.2, 0.25) is 0 Å². The SMILES string of the molecule is CSCCC(NC(=O)C(C)NC(=O)C(CC(C)C)NC(=O)C(N)C(C)O)C(=O)O. The van der Waals surface area contributed by atoms with Crippen molar-refractivity contribution in [3.8, 4) is 0 Å². The van der Waals surface area contributed by atoms with Crippen molar-refractivity contribution in [3.63, 3.8) is 0 Å². The second-order valence-corrected chi connectivity index (χ2v) is 8.35. The minimum atomic E-state index is -1.19. The minimum Gasteiger partial charge on any atom is -0.480 e. The monoisotopic (exact) mass is 434 g/mol. The second-order valence-electron chi connectivity index (χ2n) is 7.37. The molecule has 0 fully saturated rings. The van der Waals surface area contributed by atoms with E-state index in [1.165, 1.54) is 25.6 Å². The molecule has 168 valence electrons. The number of aliphatic hydroxyl groups is 1. The number of carboxylic acid groups (broad SMARTS) is 1. The van der Waals surface area contributed by atoms with E-state index in [2.05, 4.69) is 16.0 Å². The van der Waals surface area contributed by atoms with Gasteiger partial charge >= 0.3 is 5.97 Å². The summed E-state index contributed by atoms with van der Waals surface area (Å²) >= 11 is 1.46. The largest absolute Gasteiger partial charge is 0.480 e. The number of carbonyl (C=O) groups is 4. The Morgan fingerprint density at radius 2 is 1.48 bits per heavy atom. The number of carbonyl (C=O) groups excluding carboxylic acids is 3. The zero-order chi connectivity index (χ0) is 22.7. The highest BCUT2D eigenvalue weighted by molar-refractivity contribution is 7.98. The molecule has 0 aromatic carbocycles. The highest BCUT2D eigenvalue weighted by Crippen LogP contribution is 2.07. The summed E-state index contributed by atoms with van der Waals surface area (Å²) in [5.41, 5.74) is 5.60. The molecular weight excluding hydrogens is 400 g/mol. The maximum absolute atomic E-state index is 12.6. The Morgan fingerprint density at radius 3 is 1.93 bits per heavy atom. The molecule has 0 aliphatic heterocycles. The topological polar surface area (TPSA) is 171 Å². The Hall–Kier alpha value is -1.85. The molecule has 11 heteroatoms. The fourth-order valence-corrected chi connectivity index (χ4v) is 2.83. The predicted octanol–water partition coefficient (Wildman–Crippen LogP) is -0.947. The van der Waals surface area contributed by atoms with Crippen molar-refractivity contribution in [2.75, 3.05) is 12.0 Å². The van der Waals surface area contributed by atoms with Gasteiger partial charge in [0.2, 0.25) is 17.7 Å². The van der Waals surface area contributed by atoms with Gasteiger partial charge in [-0.15, -0.1) is 0 Å². The van der Waals surface area contributed by atoms with Crippen LogP contribution < -0.4 is 21.7 Å². The van der Waals surface area contributed by atoms with Crippen LogP contribution in [0, 0.1) is 5.92 Å². The van der Waals surface area contributed by atoms with Crippen LogP contribution in [0.5, 0.6) is 0 Å². The summed E-state index contributed by atoms with van der Waals surface area (Å²) in [5, 5.41) is 26.0. The number of nitrogens with one attached hydrogen (secondary N) is 3. The lowest BCUT2D eigenvalue weighted by atomic mass is 10.0. The van der Waals surface area contributed by atoms with E-state index in [1.54, 1.807) is 0 Å². The molecule has 0 aromatic heterocycles. The van der Waals surface area contributed by atoms with Gasteiger partial charge in [0, 0.05) is 0 Å². The molecule has 5 unspecified atom stereocenters. The molecule has 0 aliphatic carbocycles. The molecule has 0 saturated carbocycles. The van der Waals surface area contributed by atoms with Gasteiger partial charge in [-0.05, 0) is 44.6 Å². The van der Waals surface area contributed by atoms with Gasteiger partial charge in [0.15, 0.2) is 0 Å². The zero-order valence-corrected chi connectivity index (χ0v) is 18.4. The van der Waals surface area contributed by atoms with E-state index in [4.69, 9.17) is 5.73 Å². The summed E-state index contributed by atoms with van der Waals surface area (Å²) < 4.78 is 0. The van der Waals surface area contributed by atoms with E-state index in [0.29, 0.717) is 12.2 Å². The Bertz CT molecular complexity index is 573.